The Balaban J connectivity index is 1.51. The first-order valence-corrected chi connectivity index (χ1v) is 10.6. The first-order chi connectivity index (χ1) is 13.6. The number of benzene rings is 1. The predicted octanol–water partition coefficient (Wildman–Crippen LogP) is 3.24. The minimum Gasteiger partial charge on any atom is -0.454 e. The number of alkyl halides is 1. The minimum absolute atomic E-state index is 0.0617. The molecule has 0 saturated heterocycles. The highest BCUT2D eigenvalue weighted by Crippen LogP contribution is 2.33. The molecule has 1 fully saturated rings. The molecule has 2 aliphatic rings. The van der Waals surface area contributed by atoms with E-state index in [1.807, 2.05) is 35.7 Å². The molecule has 0 bridgehead atoms. The maximum absolute atomic E-state index is 13.1. The van der Waals surface area contributed by atoms with Gasteiger partial charge in [0.1, 0.15) is 12.4 Å². The van der Waals surface area contributed by atoms with Crippen LogP contribution in [0.15, 0.2) is 35.7 Å². The van der Waals surface area contributed by atoms with Gasteiger partial charge in [0.25, 0.3) is 0 Å². The molecule has 1 saturated carbocycles. The zero-order valence-corrected chi connectivity index (χ0v) is 16.9. The highest BCUT2D eigenvalue weighted by Gasteiger charge is 2.34. The molecule has 2 amide bonds. The Morgan fingerprint density at radius 3 is 2.64 bits per heavy atom. The minimum atomic E-state index is -0.184. The second-order valence-electron chi connectivity index (χ2n) is 6.90. The smallest absolute Gasteiger partial charge is 0.242 e. The maximum atomic E-state index is 13.1. The van der Waals surface area contributed by atoms with Crippen LogP contribution in [0.2, 0.25) is 0 Å². The first kappa shape index (κ1) is 19.1. The van der Waals surface area contributed by atoms with Gasteiger partial charge in [0, 0.05) is 17.5 Å². The summed E-state index contributed by atoms with van der Waals surface area (Å²) in [6.07, 6.45) is 1.87. The van der Waals surface area contributed by atoms with Gasteiger partial charge in [-0.2, -0.15) is 0 Å². The van der Waals surface area contributed by atoms with Crippen molar-refractivity contribution in [3.8, 4) is 11.5 Å². The van der Waals surface area contributed by atoms with E-state index in [-0.39, 0.29) is 37.1 Å². The van der Waals surface area contributed by atoms with Crippen LogP contribution in [-0.4, -0.2) is 46.9 Å². The molecule has 148 valence electrons. The van der Waals surface area contributed by atoms with E-state index >= 15 is 0 Å². The molecule has 28 heavy (non-hydrogen) atoms. The zero-order chi connectivity index (χ0) is 19.5. The summed E-state index contributed by atoms with van der Waals surface area (Å²) in [5.41, 5.74) is 0.954. The second kappa shape index (κ2) is 8.41. The van der Waals surface area contributed by atoms with Crippen LogP contribution < -0.4 is 9.47 Å². The van der Waals surface area contributed by atoms with Crippen molar-refractivity contribution in [3.05, 3.63) is 46.2 Å². The van der Waals surface area contributed by atoms with Crippen molar-refractivity contribution in [2.75, 3.05) is 19.2 Å². The summed E-state index contributed by atoms with van der Waals surface area (Å²) in [7, 11) is 0. The largest absolute Gasteiger partial charge is 0.454 e. The molecule has 1 aromatic carbocycles. The topological polar surface area (TPSA) is 59.1 Å². The molecule has 2 heterocycles. The summed E-state index contributed by atoms with van der Waals surface area (Å²) < 4.78 is 10.8. The third-order valence-corrected chi connectivity index (χ3v) is 5.91. The Morgan fingerprint density at radius 1 is 1.11 bits per heavy atom. The first-order valence-electron chi connectivity index (χ1n) is 9.18. The van der Waals surface area contributed by atoms with Crippen molar-refractivity contribution in [2.45, 2.75) is 32.0 Å². The highest BCUT2D eigenvalue weighted by molar-refractivity contribution is 7.09. The molecule has 1 aliphatic heterocycles. The predicted molar refractivity (Wildman–Crippen MR) is 107 cm³/mol. The van der Waals surface area contributed by atoms with E-state index in [1.165, 1.54) is 0 Å². The third kappa shape index (κ3) is 4.42. The van der Waals surface area contributed by atoms with Gasteiger partial charge in [-0.15, -0.1) is 22.9 Å². The standard InChI is InChI=1S/C20H21ClN2O4S/c21-9-19(24)23(15-4-5-15)12-20(25)22(11-16-2-1-7-28-16)10-14-3-6-17-18(8-14)27-13-26-17/h1-3,6-8,15H,4-5,9-13H2. The van der Waals surface area contributed by atoms with Gasteiger partial charge in [0.05, 0.1) is 6.54 Å². The quantitative estimate of drug-likeness (QED) is 0.615. The Kier molecular flexibility index (Phi) is 5.73. The van der Waals surface area contributed by atoms with Crippen LogP contribution in [0.3, 0.4) is 0 Å². The van der Waals surface area contributed by atoms with Gasteiger partial charge in [-0.3, -0.25) is 9.59 Å². The number of hydrogen-bond acceptors (Lipinski definition) is 5. The Labute approximate surface area is 172 Å². The molecule has 0 unspecified atom stereocenters. The molecular formula is C20H21ClN2O4S. The molecule has 0 atom stereocenters. The number of ether oxygens (including phenoxy) is 2. The number of nitrogens with zero attached hydrogens (tertiary/aromatic N) is 2. The molecule has 8 heteroatoms. The number of carbonyl (C=O) groups is 2. The van der Waals surface area contributed by atoms with Gasteiger partial charge in [-0.05, 0) is 42.0 Å². The van der Waals surface area contributed by atoms with E-state index < -0.39 is 0 Å². The number of carbonyl (C=O) groups excluding carboxylic acids is 2. The molecule has 0 radical (unpaired) electrons. The van der Waals surface area contributed by atoms with Crippen LogP contribution in [0.1, 0.15) is 23.3 Å². The molecular weight excluding hydrogens is 400 g/mol. The summed E-state index contributed by atoms with van der Waals surface area (Å²) in [6, 6.07) is 9.82. The van der Waals surface area contributed by atoms with Gasteiger partial charge in [-0.1, -0.05) is 12.1 Å². The Morgan fingerprint density at radius 2 is 1.93 bits per heavy atom. The molecule has 1 aliphatic carbocycles. The molecule has 1 aromatic heterocycles. The van der Waals surface area contributed by atoms with E-state index in [1.54, 1.807) is 21.1 Å². The zero-order valence-electron chi connectivity index (χ0n) is 15.3. The molecule has 2 aromatic rings. The monoisotopic (exact) mass is 420 g/mol. The fourth-order valence-corrected chi connectivity index (χ4v) is 4.09. The van der Waals surface area contributed by atoms with Crippen molar-refractivity contribution >= 4 is 34.8 Å². The van der Waals surface area contributed by atoms with Crippen LogP contribution in [0.4, 0.5) is 0 Å². The van der Waals surface area contributed by atoms with Gasteiger partial charge in [0.15, 0.2) is 11.5 Å². The summed E-state index contributed by atoms with van der Waals surface area (Å²) >= 11 is 7.35. The number of halogens is 1. The summed E-state index contributed by atoms with van der Waals surface area (Å²) in [4.78, 5) is 29.8. The Bertz CT molecular complexity index is 854. The summed E-state index contributed by atoms with van der Waals surface area (Å²) in [5.74, 6) is 1.04. The number of thiophene rings is 1. The van der Waals surface area contributed by atoms with E-state index in [2.05, 4.69) is 0 Å². The fraction of sp³-hybridized carbons (Fsp3) is 0.400. The lowest BCUT2D eigenvalue weighted by molar-refractivity contribution is -0.140. The maximum Gasteiger partial charge on any atom is 0.242 e. The van der Waals surface area contributed by atoms with Crippen LogP contribution in [0.25, 0.3) is 0 Å². The average Bonchev–Trinajstić information content (AvgIpc) is 3.21. The number of rotatable bonds is 8. The van der Waals surface area contributed by atoms with Crippen molar-refractivity contribution in [2.24, 2.45) is 0 Å². The molecule has 0 N–H and O–H groups in total. The van der Waals surface area contributed by atoms with Gasteiger partial charge < -0.3 is 19.3 Å². The summed E-state index contributed by atoms with van der Waals surface area (Å²) in [5, 5.41) is 1.99. The van der Waals surface area contributed by atoms with Crippen LogP contribution in [-0.2, 0) is 22.7 Å². The number of fused-ring (bicyclic) bond motifs is 1. The second-order valence-corrected chi connectivity index (χ2v) is 8.20. The molecule has 6 nitrogen and oxygen atoms in total. The lowest BCUT2D eigenvalue weighted by Gasteiger charge is -2.27. The van der Waals surface area contributed by atoms with E-state index in [4.69, 9.17) is 21.1 Å². The van der Waals surface area contributed by atoms with Crippen LogP contribution in [0.5, 0.6) is 11.5 Å². The van der Waals surface area contributed by atoms with Gasteiger partial charge in [0.2, 0.25) is 18.6 Å². The SMILES string of the molecule is O=C(CN(C(=O)CCl)C1CC1)N(Cc1ccc2c(c1)OCO2)Cc1cccs1. The lowest BCUT2D eigenvalue weighted by Crippen LogP contribution is -2.44. The highest BCUT2D eigenvalue weighted by atomic mass is 35.5. The van der Waals surface area contributed by atoms with E-state index in [0.29, 0.717) is 24.6 Å². The van der Waals surface area contributed by atoms with Crippen molar-refractivity contribution in [1.82, 2.24) is 9.80 Å². The fourth-order valence-electron chi connectivity index (χ4n) is 3.21. The van der Waals surface area contributed by atoms with E-state index in [0.717, 1.165) is 23.3 Å². The van der Waals surface area contributed by atoms with Gasteiger partial charge >= 0.3 is 0 Å². The number of hydrogen-bond donors (Lipinski definition) is 0. The van der Waals surface area contributed by atoms with Crippen molar-refractivity contribution in [3.63, 3.8) is 0 Å². The third-order valence-electron chi connectivity index (χ3n) is 4.82. The summed E-state index contributed by atoms with van der Waals surface area (Å²) in [6.45, 7) is 1.21. The van der Waals surface area contributed by atoms with Crippen molar-refractivity contribution < 1.29 is 19.1 Å². The molecule has 0 spiro atoms. The van der Waals surface area contributed by atoms with Crippen LogP contribution >= 0.6 is 22.9 Å². The molecule has 4 rings (SSSR count). The van der Waals surface area contributed by atoms with E-state index in [9.17, 15) is 9.59 Å². The lowest BCUT2D eigenvalue weighted by atomic mass is 10.2. The number of amides is 2. The Hall–Kier alpha value is -2.25. The van der Waals surface area contributed by atoms with Crippen LogP contribution in [0, 0.1) is 0 Å². The average molecular weight is 421 g/mol. The van der Waals surface area contributed by atoms with Crippen molar-refractivity contribution in [1.29, 1.82) is 0 Å². The van der Waals surface area contributed by atoms with Gasteiger partial charge in [-0.25, -0.2) is 0 Å². The normalized spacial score (nSPS) is 14.8.